The second kappa shape index (κ2) is 5.24. The SMILES string of the molecule is CS(=O)(=O)N1CCCC(CC(=O)c2ccco2)C1. The van der Waals surface area contributed by atoms with Gasteiger partial charge in [0.15, 0.2) is 11.5 Å². The second-order valence-corrected chi connectivity index (χ2v) is 6.72. The van der Waals surface area contributed by atoms with E-state index in [0.717, 1.165) is 12.8 Å². The number of nitrogens with zero attached hydrogens (tertiary/aromatic N) is 1. The monoisotopic (exact) mass is 271 g/mol. The van der Waals surface area contributed by atoms with Crippen molar-refractivity contribution < 1.29 is 17.6 Å². The summed E-state index contributed by atoms with van der Waals surface area (Å²) in [6, 6.07) is 3.32. The fourth-order valence-electron chi connectivity index (χ4n) is 2.29. The number of piperidine rings is 1. The molecule has 0 saturated carbocycles. The number of hydrogen-bond donors (Lipinski definition) is 0. The van der Waals surface area contributed by atoms with E-state index >= 15 is 0 Å². The highest BCUT2D eigenvalue weighted by atomic mass is 32.2. The minimum Gasteiger partial charge on any atom is -0.461 e. The highest BCUT2D eigenvalue weighted by Gasteiger charge is 2.27. The average molecular weight is 271 g/mol. The molecule has 1 fully saturated rings. The molecule has 1 unspecified atom stereocenters. The highest BCUT2D eigenvalue weighted by Crippen LogP contribution is 2.23. The third kappa shape index (κ3) is 3.20. The van der Waals surface area contributed by atoms with E-state index in [1.165, 1.54) is 16.8 Å². The maximum Gasteiger partial charge on any atom is 0.211 e. The maximum atomic E-state index is 11.9. The molecule has 1 aliphatic rings. The van der Waals surface area contributed by atoms with Crippen molar-refractivity contribution in [1.29, 1.82) is 0 Å². The summed E-state index contributed by atoms with van der Waals surface area (Å²) in [5.41, 5.74) is 0. The Balaban J connectivity index is 1.96. The minimum atomic E-state index is -3.15. The Morgan fingerprint density at radius 1 is 1.56 bits per heavy atom. The van der Waals surface area contributed by atoms with Crippen LogP contribution in [0.5, 0.6) is 0 Å². The molecule has 1 atom stereocenters. The van der Waals surface area contributed by atoms with Gasteiger partial charge in [-0.2, -0.15) is 0 Å². The zero-order chi connectivity index (χ0) is 13.2. The van der Waals surface area contributed by atoms with E-state index in [-0.39, 0.29) is 11.7 Å². The zero-order valence-corrected chi connectivity index (χ0v) is 11.1. The van der Waals surface area contributed by atoms with E-state index in [0.29, 0.717) is 25.3 Å². The molecular formula is C12H17NO4S. The largest absolute Gasteiger partial charge is 0.461 e. The lowest BCUT2D eigenvalue weighted by atomic mass is 9.93. The van der Waals surface area contributed by atoms with Crippen LogP contribution in [0.25, 0.3) is 0 Å². The Bertz CT molecular complexity index is 506. The molecule has 2 heterocycles. The molecule has 0 bridgehead atoms. The van der Waals surface area contributed by atoms with Crippen molar-refractivity contribution in [2.24, 2.45) is 5.92 Å². The van der Waals surface area contributed by atoms with Gasteiger partial charge >= 0.3 is 0 Å². The molecule has 0 N–H and O–H groups in total. The molecule has 0 amide bonds. The molecule has 5 nitrogen and oxygen atoms in total. The fourth-order valence-corrected chi connectivity index (χ4v) is 3.24. The van der Waals surface area contributed by atoms with Crippen molar-refractivity contribution in [2.45, 2.75) is 19.3 Å². The summed E-state index contributed by atoms with van der Waals surface area (Å²) in [6.45, 7) is 0.996. The quantitative estimate of drug-likeness (QED) is 0.779. The molecule has 0 radical (unpaired) electrons. The van der Waals surface area contributed by atoms with E-state index in [9.17, 15) is 13.2 Å². The van der Waals surface area contributed by atoms with E-state index in [4.69, 9.17) is 4.42 Å². The Morgan fingerprint density at radius 3 is 2.94 bits per heavy atom. The van der Waals surface area contributed by atoms with E-state index in [2.05, 4.69) is 0 Å². The van der Waals surface area contributed by atoms with Crippen molar-refractivity contribution in [1.82, 2.24) is 4.31 Å². The van der Waals surface area contributed by atoms with Crippen molar-refractivity contribution >= 4 is 15.8 Å². The third-order valence-corrected chi connectivity index (χ3v) is 4.49. The van der Waals surface area contributed by atoms with Crippen LogP contribution in [0, 0.1) is 5.92 Å². The summed E-state index contributed by atoms with van der Waals surface area (Å²) in [7, 11) is -3.15. The minimum absolute atomic E-state index is 0.0552. The zero-order valence-electron chi connectivity index (χ0n) is 10.3. The van der Waals surface area contributed by atoms with Crippen molar-refractivity contribution in [3.63, 3.8) is 0 Å². The van der Waals surface area contributed by atoms with Gasteiger partial charge < -0.3 is 4.42 Å². The summed E-state index contributed by atoms with van der Waals surface area (Å²) >= 11 is 0. The van der Waals surface area contributed by atoms with Crippen LogP contribution in [0.4, 0.5) is 0 Å². The number of ketones is 1. The Kier molecular flexibility index (Phi) is 3.87. The summed E-state index contributed by atoms with van der Waals surface area (Å²) in [5, 5.41) is 0. The predicted octanol–water partition coefficient (Wildman–Crippen LogP) is 1.52. The number of sulfonamides is 1. The molecule has 6 heteroatoms. The van der Waals surface area contributed by atoms with Crippen LogP contribution in [-0.4, -0.2) is 37.9 Å². The van der Waals surface area contributed by atoms with Crippen LogP contribution in [0.2, 0.25) is 0 Å². The molecule has 0 aliphatic carbocycles. The Labute approximate surface area is 107 Å². The lowest BCUT2D eigenvalue weighted by Crippen LogP contribution is -2.39. The molecule has 100 valence electrons. The van der Waals surface area contributed by atoms with Crippen molar-refractivity contribution in [2.75, 3.05) is 19.3 Å². The standard InChI is InChI=1S/C12H17NO4S/c1-18(15,16)13-6-2-4-10(9-13)8-11(14)12-5-3-7-17-12/h3,5,7,10H,2,4,6,8-9H2,1H3. The smallest absolute Gasteiger partial charge is 0.211 e. The van der Waals surface area contributed by atoms with Gasteiger partial charge in [0.05, 0.1) is 12.5 Å². The molecule has 1 aromatic rings. The van der Waals surface area contributed by atoms with Crippen LogP contribution >= 0.6 is 0 Å². The summed E-state index contributed by atoms with van der Waals surface area (Å²) < 4.78 is 29.4. The summed E-state index contributed by atoms with van der Waals surface area (Å²) in [4.78, 5) is 11.9. The van der Waals surface area contributed by atoms with Crippen LogP contribution < -0.4 is 0 Å². The second-order valence-electron chi connectivity index (χ2n) is 4.73. The van der Waals surface area contributed by atoms with Crippen molar-refractivity contribution in [3.8, 4) is 0 Å². The van der Waals surface area contributed by atoms with Gasteiger partial charge in [-0.1, -0.05) is 0 Å². The van der Waals surface area contributed by atoms with Gasteiger partial charge in [0.25, 0.3) is 0 Å². The summed E-state index contributed by atoms with van der Waals surface area (Å²) in [6.07, 6.45) is 4.72. The van der Waals surface area contributed by atoms with E-state index in [1.54, 1.807) is 12.1 Å². The van der Waals surface area contributed by atoms with Crippen LogP contribution in [0.3, 0.4) is 0 Å². The van der Waals surface area contributed by atoms with E-state index in [1.807, 2.05) is 0 Å². The highest BCUT2D eigenvalue weighted by molar-refractivity contribution is 7.88. The molecule has 0 spiro atoms. The normalized spacial score (nSPS) is 21.9. The van der Waals surface area contributed by atoms with Crippen molar-refractivity contribution in [3.05, 3.63) is 24.2 Å². The average Bonchev–Trinajstić information content (AvgIpc) is 2.81. The first-order valence-corrected chi connectivity index (χ1v) is 7.83. The van der Waals surface area contributed by atoms with Gasteiger partial charge in [-0.05, 0) is 30.9 Å². The lowest BCUT2D eigenvalue weighted by Gasteiger charge is -2.30. The topological polar surface area (TPSA) is 67.6 Å². The van der Waals surface area contributed by atoms with Gasteiger partial charge in [0.1, 0.15) is 0 Å². The number of carbonyl (C=O) groups excluding carboxylic acids is 1. The number of hydrogen-bond acceptors (Lipinski definition) is 4. The predicted molar refractivity (Wildman–Crippen MR) is 66.8 cm³/mol. The molecule has 1 saturated heterocycles. The molecule has 18 heavy (non-hydrogen) atoms. The Morgan fingerprint density at radius 2 is 2.33 bits per heavy atom. The molecule has 1 aromatic heterocycles. The van der Waals surface area contributed by atoms with Gasteiger partial charge in [0, 0.05) is 19.5 Å². The van der Waals surface area contributed by atoms with Crippen LogP contribution in [0.15, 0.2) is 22.8 Å². The van der Waals surface area contributed by atoms with Gasteiger partial charge in [-0.3, -0.25) is 4.79 Å². The van der Waals surface area contributed by atoms with Gasteiger partial charge in [-0.25, -0.2) is 12.7 Å². The molecule has 1 aliphatic heterocycles. The van der Waals surface area contributed by atoms with E-state index < -0.39 is 10.0 Å². The first kappa shape index (κ1) is 13.3. The lowest BCUT2D eigenvalue weighted by molar-refractivity contribution is 0.0915. The number of rotatable bonds is 4. The van der Waals surface area contributed by atoms with Gasteiger partial charge in [0.2, 0.25) is 10.0 Å². The third-order valence-electron chi connectivity index (χ3n) is 3.22. The molecular weight excluding hydrogens is 254 g/mol. The van der Waals surface area contributed by atoms with Crippen LogP contribution in [0.1, 0.15) is 29.8 Å². The number of carbonyl (C=O) groups is 1. The fraction of sp³-hybridized carbons (Fsp3) is 0.583. The maximum absolute atomic E-state index is 11.9. The van der Waals surface area contributed by atoms with Crippen LogP contribution in [-0.2, 0) is 10.0 Å². The first-order chi connectivity index (χ1) is 8.47. The van der Waals surface area contributed by atoms with Gasteiger partial charge in [-0.15, -0.1) is 0 Å². The number of Topliss-reactive ketones (excluding diaryl/α,β-unsaturated/α-hetero) is 1. The molecule has 2 rings (SSSR count). The number of furan rings is 1. The first-order valence-electron chi connectivity index (χ1n) is 5.98. The Hall–Kier alpha value is -1.14. The summed E-state index contributed by atoms with van der Waals surface area (Å²) in [5.74, 6) is 0.387. The molecule has 0 aromatic carbocycles.